The van der Waals surface area contributed by atoms with Crippen LogP contribution in [0.3, 0.4) is 0 Å². The van der Waals surface area contributed by atoms with Crippen LogP contribution in [0.5, 0.6) is 5.75 Å². The monoisotopic (exact) mass is 277 g/mol. The maximum absolute atomic E-state index is 12.3. The number of anilines is 1. The summed E-state index contributed by atoms with van der Waals surface area (Å²) >= 11 is 0. The fourth-order valence-electron chi connectivity index (χ4n) is 3.09. The lowest BCUT2D eigenvalue weighted by Crippen LogP contribution is -2.40. The number of rotatable bonds is 3. The van der Waals surface area contributed by atoms with Crippen LogP contribution >= 0.6 is 0 Å². The van der Waals surface area contributed by atoms with E-state index in [4.69, 9.17) is 4.74 Å². The molecule has 1 aromatic rings. The van der Waals surface area contributed by atoms with E-state index in [0.29, 0.717) is 12.1 Å². The number of carbonyl (C=O) groups excluding carboxylic acids is 1. The van der Waals surface area contributed by atoms with Gasteiger partial charge in [-0.15, -0.1) is 0 Å². The molecule has 2 fully saturated rings. The smallest absolute Gasteiger partial charge is 0.310 e. The zero-order chi connectivity index (χ0) is 14.3. The number of hydrogen-bond acceptors (Lipinski definition) is 4. The predicted molar refractivity (Wildman–Crippen MR) is 69.2 cm³/mol. The van der Waals surface area contributed by atoms with E-state index < -0.39 is 17.8 Å². The largest absolute Gasteiger partial charge is 0.508 e. The van der Waals surface area contributed by atoms with Crippen molar-refractivity contribution in [2.24, 2.45) is 11.8 Å². The molecule has 0 aromatic heterocycles. The first-order valence-electron chi connectivity index (χ1n) is 6.54. The number of hydrogen-bond donors (Lipinski definition) is 3. The summed E-state index contributed by atoms with van der Waals surface area (Å²) in [6.07, 6.45) is 0.762. The van der Waals surface area contributed by atoms with Crippen molar-refractivity contribution in [1.82, 2.24) is 0 Å². The van der Waals surface area contributed by atoms with Crippen LogP contribution < -0.4 is 5.32 Å². The third-order valence-corrected chi connectivity index (χ3v) is 4.00. The van der Waals surface area contributed by atoms with Crippen molar-refractivity contribution in [2.75, 3.05) is 5.32 Å². The first-order valence-corrected chi connectivity index (χ1v) is 6.54. The molecule has 0 saturated carbocycles. The number of phenolic OH excluding ortho intramolecular Hbond substituents is 1. The van der Waals surface area contributed by atoms with E-state index in [9.17, 15) is 19.8 Å². The second-order valence-corrected chi connectivity index (χ2v) is 5.22. The Morgan fingerprint density at radius 2 is 1.70 bits per heavy atom. The van der Waals surface area contributed by atoms with E-state index in [0.717, 1.165) is 6.42 Å². The summed E-state index contributed by atoms with van der Waals surface area (Å²) in [5.41, 5.74) is 0.528. The second kappa shape index (κ2) is 4.79. The molecule has 3 rings (SSSR count). The van der Waals surface area contributed by atoms with Gasteiger partial charge in [-0.3, -0.25) is 9.59 Å². The van der Waals surface area contributed by atoms with Crippen molar-refractivity contribution in [3.05, 3.63) is 24.3 Å². The highest BCUT2D eigenvalue weighted by Crippen LogP contribution is 2.44. The van der Waals surface area contributed by atoms with E-state index in [1.54, 1.807) is 12.1 Å². The number of amides is 1. The van der Waals surface area contributed by atoms with Crippen LogP contribution in [-0.2, 0) is 14.3 Å². The molecule has 3 N–H and O–H groups in total. The Bertz CT molecular complexity index is 541. The molecule has 2 heterocycles. The quantitative estimate of drug-likeness (QED) is 0.722. The molecule has 6 nitrogen and oxygen atoms in total. The summed E-state index contributed by atoms with van der Waals surface area (Å²) in [6, 6.07) is 6.05. The number of nitrogens with one attached hydrogen (secondary N) is 1. The standard InChI is InChI=1S/C14H15NO5/c16-8-3-1-7(2-4-8)15-13(17)11-9-5-6-10(20-9)12(11)14(18)19/h1-4,9-12,16H,5-6H2,(H,15,17)(H,18,19)/t9-,10+,11?,12?/m0/s1. The summed E-state index contributed by atoms with van der Waals surface area (Å²) in [5, 5.41) is 21.1. The molecule has 1 aromatic carbocycles. The molecule has 6 heteroatoms. The fraction of sp³-hybridized carbons (Fsp3) is 0.429. The summed E-state index contributed by atoms with van der Waals surface area (Å²) in [7, 11) is 0. The third-order valence-electron chi connectivity index (χ3n) is 4.00. The number of benzene rings is 1. The lowest BCUT2D eigenvalue weighted by Gasteiger charge is -2.23. The topological polar surface area (TPSA) is 95.9 Å². The molecule has 0 spiro atoms. The van der Waals surface area contributed by atoms with Crippen LogP contribution in [-0.4, -0.2) is 34.3 Å². The van der Waals surface area contributed by atoms with Crippen molar-refractivity contribution in [2.45, 2.75) is 25.0 Å². The minimum atomic E-state index is -0.983. The van der Waals surface area contributed by atoms with Crippen molar-refractivity contribution in [1.29, 1.82) is 0 Å². The van der Waals surface area contributed by atoms with Crippen LogP contribution in [0.1, 0.15) is 12.8 Å². The molecule has 2 unspecified atom stereocenters. The summed E-state index contributed by atoms with van der Waals surface area (Å²) in [4.78, 5) is 23.6. The Morgan fingerprint density at radius 1 is 1.10 bits per heavy atom. The zero-order valence-electron chi connectivity index (χ0n) is 10.7. The minimum absolute atomic E-state index is 0.106. The van der Waals surface area contributed by atoms with Gasteiger partial charge in [0.15, 0.2) is 0 Å². The van der Waals surface area contributed by atoms with Gasteiger partial charge in [-0.25, -0.2) is 0 Å². The van der Waals surface area contributed by atoms with Crippen LogP contribution in [0.25, 0.3) is 0 Å². The second-order valence-electron chi connectivity index (χ2n) is 5.22. The van der Waals surface area contributed by atoms with Crippen LogP contribution in [0.2, 0.25) is 0 Å². The van der Waals surface area contributed by atoms with E-state index in [1.807, 2.05) is 0 Å². The van der Waals surface area contributed by atoms with Gasteiger partial charge in [0.25, 0.3) is 0 Å². The number of phenols is 1. The minimum Gasteiger partial charge on any atom is -0.508 e. The van der Waals surface area contributed by atoms with Gasteiger partial charge >= 0.3 is 5.97 Å². The van der Waals surface area contributed by atoms with Gasteiger partial charge in [0.1, 0.15) is 5.75 Å². The zero-order valence-corrected chi connectivity index (χ0v) is 10.7. The molecular formula is C14H15NO5. The number of fused-ring (bicyclic) bond motifs is 2. The van der Waals surface area contributed by atoms with Crippen LogP contribution in [0.4, 0.5) is 5.69 Å². The first-order chi connectivity index (χ1) is 9.56. The number of aliphatic carboxylic acids is 1. The Kier molecular flexibility index (Phi) is 3.10. The van der Waals surface area contributed by atoms with E-state index in [2.05, 4.69) is 5.32 Å². The highest BCUT2D eigenvalue weighted by Gasteiger charge is 2.55. The molecule has 0 radical (unpaired) electrons. The Balaban J connectivity index is 1.76. The molecule has 20 heavy (non-hydrogen) atoms. The predicted octanol–water partition coefficient (Wildman–Crippen LogP) is 1.21. The summed E-state index contributed by atoms with van der Waals surface area (Å²) in [5.74, 6) is -2.64. The van der Waals surface area contributed by atoms with Crippen molar-refractivity contribution < 1.29 is 24.5 Å². The van der Waals surface area contributed by atoms with Gasteiger partial charge in [0.05, 0.1) is 24.0 Å². The molecule has 2 aliphatic rings. The number of carbonyl (C=O) groups is 2. The van der Waals surface area contributed by atoms with Gasteiger partial charge < -0.3 is 20.3 Å². The number of carboxylic acids is 1. The van der Waals surface area contributed by atoms with E-state index >= 15 is 0 Å². The average Bonchev–Trinajstić information content (AvgIpc) is 3.01. The van der Waals surface area contributed by atoms with Gasteiger partial charge in [-0.1, -0.05) is 0 Å². The molecule has 2 saturated heterocycles. The maximum Gasteiger partial charge on any atom is 0.310 e. The lowest BCUT2D eigenvalue weighted by atomic mass is 9.78. The van der Waals surface area contributed by atoms with Gasteiger partial charge in [-0.2, -0.15) is 0 Å². The van der Waals surface area contributed by atoms with Gasteiger partial charge in [-0.05, 0) is 37.1 Å². The first kappa shape index (κ1) is 12.9. The Hall–Kier alpha value is -2.08. The summed E-state index contributed by atoms with van der Waals surface area (Å²) in [6.45, 7) is 0. The molecule has 4 atom stereocenters. The molecule has 2 aliphatic heterocycles. The van der Waals surface area contributed by atoms with E-state index in [1.165, 1.54) is 12.1 Å². The Labute approximate surface area is 115 Å². The average molecular weight is 277 g/mol. The van der Waals surface area contributed by atoms with E-state index in [-0.39, 0.29) is 23.9 Å². The van der Waals surface area contributed by atoms with Crippen molar-refractivity contribution in [3.63, 3.8) is 0 Å². The third kappa shape index (κ3) is 2.12. The highest BCUT2D eigenvalue weighted by molar-refractivity contribution is 5.96. The SMILES string of the molecule is O=C(Nc1ccc(O)cc1)C1C(C(=O)O)[C@H]2CC[C@@H]1O2. The Morgan fingerprint density at radius 3 is 2.30 bits per heavy atom. The number of aromatic hydroxyl groups is 1. The highest BCUT2D eigenvalue weighted by atomic mass is 16.5. The normalized spacial score (nSPS) is 31.2. The van der Waals surface area contributed by atoms with Crippen molar-refractivity contribution >= 4 is 17.6 Å². The van der Waals surface area contributed by atoms with Crippen molar-refractivity contribution in [3.8, 4) is 5.75 Å². The molecule has 1 amide bonds. The molecular weight excluding hydrogens is 262 g/mol. The lowest BCUT2D eigenvalue weighted by molar-refractivity contribution is -0.147. The fourth-order valence-corrected chi connectivity index (χ4v) is 3.09. The molecule has 0 aliphatic carbocycles. The summed E-state index contributed by atoms with van der Waals surface area (Å²) < 4.78 is 5.56. The van der Waals surface area contributed by atoms with Crippen LogP contribution in [0, 0.1) is 11.8 Å². The molecule has 106 valence electrons. The van der Waals surface area contributed by atoms with Crippen LogP contribution in [0.15, 0.2) is 24.3 Å². The molecule has 2 bridgehead atoms. The maximum atomic E-state index is 12.3. The van der Waals surface area contributed by atoms with Gasteiger partial charge in [0, 0.05) is 5.69 Å². The number of carboxylic acid groups (broad SMARTS) is 1. The number of ether oxygens (including phenoxy) is 1. The van der Waals surface area contributed by atoms with Gasteiger partial charge in [0.2, 0.25) is 5.91 Å².